The molecule has 0 saturated heterocycles. The zero-order chi connectivity index (χ0) is 39.3. The molecule has 4 unspecified atom stereocenters. The molecule has 0 bridgehead atoms. The summed E-state index contributed by atoms with van der Waals surface area (Å²) >= 11 is 0. The van der Waals surface area contributed by atoms with Crippen LogP contribution in [0.25, 0.3) is 0 Å². The molecule has 298 valence electrons. The second-order valence-electron chi connectivity index (χ2n) is 10.9. The molecule has 0 aliphatic carbocycles. The number of aliphatic hydroxyl groups is 2. The third-order valence-electron chi connectivity index (χ3n) is 6.98. The van der Waals surface area contributed by atoms with Gasteiger partial charge < -0.3 is 48.1 Å². The second kappa shape index (κ2) is 29.9. The van der Waals surface area contributed by atoms with Crippen molar-refractivity contribution in [1.29, 1.82) is 0 Å². The number of esters is 4. The van der Waals surface area contributed by atoms with Crippen molar-refractivity contribution < 1.29 is 86.5 Å². The van der Waals surface area contributed by atoms with Crippen LogP contribution >= 0.6 is 0 Å². The smallest absolute Gasteiger partial charge is 0.374 e. The third kappa shape index (κ3) is 20.4. The lowest BCUT2D eigenvalue weighted by atomic mass is 10.0. The molecule has 0 spiro atoms. The number of Topliss-reactive ketones (excluding diaryl/α,β-unsaturated/α-hetero) is 4. The van der Waals surface area contributed by atoms with Gasteiger partial charge in [0.15, 0.2) is 0 Å². The number of aliphatic hydroxyl groups excluding tert-OH is 2. The molecule has 18 nitrogen and oxygen atoms in total. The third-order valence-corrected chi connectivity index (χ3v) is 6.98. The molecule has 0 fully saturated rings. The largest absolute Gasteiger partial charge is 0.460 e. The van der Waals surface area contributed by atoms with Gasteiger partial charge in [0.1, 0.15) is 24.4 Å². The molecule has 0 aromatic heterocycles. The Morgan fingerprint density at radius 2 is 0.615 bits per heavy atom. The monoisotopic (exact) mass is 750 g/mol. The zero-order valence-corrected chi connectivity index (χ0v) is 30.5. The first kappa shape index (κ1) is 48.3. The maximum atomic E-state index is 11.8. The van der Waals surface area contributed by atoms with Crippen molar-refractivity contribution in [3.63, 3.8) is 0 Å². The maximum Gasteiger partial charge on any atom is 0.374 e. The quantitative estimate of drug-likeness (QED) is 0.0392. The summed E-state index contributed by atoms with van der Waals surface area (Å²) < 4.78 is 43.5. The van der Waals surface area contributed by atoms with Crippen molar-refractivity contribution in [3.8, 4) is 0 Å². The predicted octanol–water partition coefficient (Wildman–Crippen LogP) is 0.161. The molecule has 52 heavy (non-hydrogen) atoms. The van der Waals surface area contributed by atoms with Gasteiger partial charge >= 0.3 is 23.9 Å². The van der Waals surface area contributed by atoms with Crippen LogP contribution in [0.5, 0.6) is 0 Å². The SMILES string of the molecule is CCC(=O)C(=O)OCCCOC(CO)C(OCCCOC(=O)C(=O)CC)C(OCCCOC(=O)C(=O)CC)C(CO)OCCCOC(=O)C(=O)CC. The highest BCUT2D eigenvalue weighted by Gasteiger charge is 2.38. The number of rotatable bonds is 33. The van der Waals surface area contributed by atoms with Crippen LogP contribution in [0.1, 0.15) is 79.1 Å². The molecule has 0 saturated carbocycles. The molecule has 0 aromatic carbocycles. The van der Waals surface area contributed by atoms with Crippen LogP contribution in [0.15, 0.2) is 0 Å². The zero-order valence-electron chi connectivity index (χ0n) is 30.5. The van der Waals surface area contributed by atoms with Crippen LogP contribution in [0.2, 0.25) is 0 Å². The summed E-state index contributed by atoms with van der Waals surface area (Å²) in [7, 11) is 0. The summed E-state index contributed by atoms with van der Waals surface area (Å²) in [6.07, 6.45) is -4.35. The highest BCUT2D eigenvalue weighted by molar-refractivity contribution is 6.34. The molecule has 4 atom stereocenters. The summed E-state index contributed by atoms with van der Waals surface area (Å²) in [4.78, 5) is 92.9. The van der Waals surface area contributed by atoms with Gasteiger partial charge in [-0.15, -0.1) is 0 Å². The first-order valence-electron chi connectivity index (χ1n) is 17.4. The minimum Gasteiger partial charge on any atom is -0.460 e. The Morgan fingerprint density at radius 1 is 0.385 bits per heavy atom. The summed E-state index contributed by atoms with van der Waals surface area (Å²) in [6, 6.07) is 0. The van der Waals surface area contributed by atoms with Crippen LogP contribution in [-0.4, -0.2) is 148 Å². The Balaban J connectivity index is 5.93. The van der Waals surface area contributed by atoms with Crippen LogP contribution in [0, 0.1) is 0 Å². The maximum absolute atomic E-state index is 11.8. The fourth-order valence-electron chi connectivity index (χ4n) is 4.03. The van der Waals surface area contributed by atoms with Crippen molar-refractivity contribution in [2.24, 2.45) is 0 Å². The number of hydrogen-bond acceptors (Lipinski definition) is 18. The van der Waals surface area contributed by atoms with E-state index in [-0.39, 0.29) is 104 Å². The average Bonchev–Trinajstić information content (AvgIpc) is 3.16. The van der Waals surface area contributed by atoms with E-state index in [0.717, 1.165) is 0 Å². The fourth-order valence-corrected chi connectivity index (χ4v) is 4.03. The van der Waals surface area contributed by atoms with Gasteiger partial charge in [0.25, 0.3) is 0 Å². The van der Waals surface area contributed by atoms with E-state index in [2.05, 4.69) is 0 Å². The topological polar surface area (TPSA) is 251 Å². The van der Waals surface area contributed by atoms with Gasteiger partial charge in [-0.05, 0) is 0 Å². The Morgan fingerprint density at radius 3 is 0.827 bits per heavy atom. The Kier molecular flexibility index (Phi) is 27.7. The molecule has 0 heterocycles. The molecule has 0 radical (unpaired) electrons. The highest BCUT2D eigenvalue weighted by atomic mass is 16.6. The lowest BCUT2D eigenvalue weighted by molar-refractivity contribution is -0.194. The van der Waals surface area contributed by atoms with Gasteiger partial charge in [-0.1, -0.05) is 27.7 Å². The van der Waals surface area contributed by atoms with Crippen molar-refractivity contribution >= 4 is 47.0 Å². The van der Waals surface area contributed by atoms with Gasteiger partial charge in [0, 0.05) is 51.4 Å². The fraction of sp³-hybridized carbons (Fsp3) is 0.765. The Hall–Kier alpha value is -3.68. The summed E-state index contributed by atoms with van der Waals surface area (Å²) in [5, 5.41) is 20.7. The Labute approximate surface area is 303 Å². The lowest BCUT2D eigenvalue weighted by Gasteiger charge is -2.36. The molecular formula is C34H54O18. The number of ether oxygens (including phenoxy) is 8. The van der Waals surface area contributed by atoms with E-state index in [1.54, 1.807) is 0 Å². The normalized spacial score (nSPS) is 13.3. The lowest BCUT2D eigenvalue weighted by Crippen LogP contribution is -2.52. The molecule has 0 aliphatic heterocycles. The minimum absolute atomic E-state index is 0.0203. The van der Waals surface area contributed by atoms with E-state index in [1.807, 2.05) is 0 Å². The van der Waals surface area contributed by atoms with E-state index in [0.29, 0.717) is 0 Å². The van der Waals surface area contributed by atoms with Crippen LogP contribution in [0.3, 0.4) is 0 Å². The first-order chi connectivity index (χ1) is 24.9. The van der Waals surface area contributed by atoms with Gasteiger partial charge in [0.2, 0.25) is 23.1 Å². The van der Waals surface area contributed by atoms with E-state index in [1.165, 1.54) is 27.7 Å². The second-order valence-corrected chi connectivity index (χ2v) is 10.9. The molecule has 0 aliphatic rings. The van der Waals surface area contributed by atoms with Crippen molar-refractivity contribution in [3.05, 3.63) is 0 Å². The van der Waals surface area contributed by atoms with E-state index in [4.69, 9.17) is 37.9 Å². The van der Waals surface area contributed by atoms with Crippen molar-refractivity contribution in [2.75, 3.05) is 66.1 Å². The summed E-state index contributed by atoms with van der Waals surface area (Å²) in [5.74, 6) is -6.78. The summed E-state index contributed by atoms with van der Waals surface area (Å²) in [6.45, 7) is 3.65. The molecule has 2 N–H and O–H groups in total. The average molecular weight is 751 g/mol. The molecule has 0 amide bonds. The van der Waals surface area contributed by atoms with Crippen LogP contribution in [-0.2, 0) is 76.3 Å². The first-order valence-corrected chi connectivity index (χ1v) is 17.4. The molecule has 0 aromatic rings. The standard InChI is InChI=1S/C34H54O18/c1-5-23(37)31(41)49-17-9-13-45-27(21-35)29(47-15-11-19-51-33(43)25(39)7-3)30(48-16-12-20-52-34(44)26(40)8-4)28(22-36)46-14-10-18-50-32(42)24(38)6-2/h27-30,35-36H,5-22H2,1-4H3. The van der Waals surface area contributed by atoms with Gasteiger partial charge in [-0.25, -0.2) is 19.2 Å². The number of carbonyl (C=O) groups excluding carboxylic acids is 8. The van der Waals surface area contributed by atoms with Crippen LogP contribution in [0.4, 0.5) is 0 Å². The van der Waals surface area contributed by atoms with Crippen LogP contribution < -0.4 is 0 Å². The highest BCUT2D eigenvalue weighted by Crippen LogP contribution is 2.20. The number of carbonyl (C=O) groups is 8. The predicted molar refractivity (Wildman–Crippen MR) is 177 cm³/mol. The minimum atomic E-state index is -1.19. The van der Waals surface area contributed by atoms with E-state index < -0.39 is 84.6 Å². The Bertz CT molecular complexity index is 1040. The molecule has 0 rings (SSSR count). The molecule has 18 heteroatoms. The molecular weight excluding hydrogens is 696 g/mol. The van der Waals surface area contributed by atoms with Crippen molar-refractivity contribution in [2.45, 2.75) is 103 Å². The van der Waals surface area contributed by atoms with E-state index in [9.17, 15) is 48.6 Å². The summed E-state index contributed by atoms with van der Waals surface area (Å²) in [5.41, 5.74) is 0. The number of ketones is 4. The number of hydrogen-bond donors (Lipinski definition) is 2. The van der Waals surface area contributed by atoms with E-state index >= 15 is 0 Å². The van der Waals surface area contributed by atoms with Gasteiger partial charge in [-0.3, -0.25) is 19.2 Å². The van der Waals surface area contributed by atoms with Crippen molar-refractivity contribution in [1.82, 2.24) is 0 Å². The van der Waals surface area contributed by atoms with Gasteiger partial charge in [0.05, 0.1) is 66.1 Å². The van der Waals surface area contributed by atoms with Gasteiger partial charge in [-0.2, -0.15) is 0 Å².